The van der Waals surface area contributed by atoms with Crippen LogP contribution in [0.5, 0.6) is 0 Å². The van der Waals surface area contributed by atoms with Crippen LogP contribution in [-0.4, -0.2) is 109 Å². The number of nitrogens with zero attached hydrogens (tertiary/aromatic N) is 3. The molecule has 1 aromatic rings. The molecule has 0 bridgehead atoms. The third-order valence-electron chi connectivity index (χ3n) is 9.88. The highest BCUT2D eigenvalue weighted by atomic mass is 16.5. The Morgan fingerprint density at radius 2 is 1.56 bits per heavy atom. The highest BCUT2D eigenvalue weighted by Crippen LogP contribution is 2.30. The van der Waals surface area contributed by atoms with Gasteiger partial charge in [0, 0.05) is 31.6 Å². The Balaban J connectivity index is 1.79. The third kappa shape index (κ3) is 8.25. The molecular weight excluding hydrogens is 570 g/mol. The van der Waals surface area contributed by atoms with Crippen molar-refractivity contribution in [3.05, 3.63) is 35.9 Å². The number of hydrogen-bond donors (Lipinski definition) is 2. The maximum atomic E-state index is 14.3. The molecule has 0 aliphatic carbocycles. The number of ether oxygens (including phenoxy) is 1. The van der Waals surface area contributed by atoms with Gasteiger partial charge < -0.3 is 25.2 Å². The van der Waals surface area contributed by atoms with Crippen LogP contribution in [-0.2, 0) is 29.3 Å². The van der Waals surface area contributed by atoms with Gasteiger partial charge in [0.2, 0.25) is 17.7 Å². The number of hydrogen-bond acceptors (Lipinski definition) is 7. The molecule has 3 amide bonds. The Hall–Kier alpha value is -2.98. The molecule has 0 radical (unpaired) electrons. The number of benzene rings is 1. The lowest BCUT2D eigenvalue weighted by atomic mass is 9.76. The first-order chi connectivity index (χ1) is 21.1. The van der Waals surface area contributed by atoms with Crippen LogP contribution < -0.4 is 10.6 Å². The average molecular weight is 628 g/mol. The molecule has 10 nitrogen and oxygen atoms in total. The lowest BCUT2D eigenvalue weighted by molar-refractivity contribution is -0.152. The number of nitrogens with one attached hydrogen (secondary N) is 2. The van der Waals surface area contributed by atoms with Crippen LogP contribution in [0.2, 0.25) is 0 Å². The van der Waals surface area contributed by atoms with Gasteiger partial charge >= 0.3 is 5.97 Å². The predicted octanol–water partition coefficient (Wildman–Crippen LogP) is 3.19. The van der Waals surface area contributed by atoms with Crippen molar-refractivity contribution < 1.29 is 23.9 Å². The van der Waals surface area contributed by atoms with Gasteiger partial charge in [-0.3, -0.25) is 19.3 Å². The van der Waals surface area contributed by atoms with E-state index in [4.69, 9.17) is 4.74 Å². The van der Waals surface area contributed by atoms with Crippen molar-refractivity contribution in [2.24, 2.45) is 11.3 Å². The van der Waals surface area contributed by atoms with Gasteiger partial charge in [-0.05, 0) is 56.2 Å². The Morgan fingerprint density at radius 3 is 2.11 bits per heavy atom. The van der Waals surface area contributed by atoms with E-state index < -0.39 is 29.0 Å². The second-order valence-corrected chi connectivity index (χ2v) is 14.7. The van der Waals surface area contributed by atoms with E-state index in [1.807, 2.05) is 72.0 Å². The standard InChI is InChI=1S/C35H57N5O5/c1-23(2)27(22-39-20-14-18-25(39)31(42)40-21-15-19-26(40)33(44)45-10)38(9)32(43)29(34(3,4)5)37-30(41)28(36-8)35(6,7)24-16-12-11-13-17-24/h11-13,16-17,23,25-29,36H,14-15,18-22H2,1-10H3,(H,37,41)/t25-,26-,27+,28+,29+/m0/s1. The van der Waals surface area contributed by atoms with Crippen molar-refractivity contribution in [2.45, 2.75) is 110 Å². The second-order valence-electron chi connectivity index (χ2n) is 14.7. The zero-order chi connectivity index (χ0) is 33.7. The molecule has 2 aliphatic heterocycles. The maximum Gasteiger partial charge on any atom is 0.328 e. The average Bonchev–Trinajstić information content (AvgIpc) is 3.67. The third-order valence-corrected chi connectivity index (χ3v) is 9.88. The van der Waals surface area contributed by atoms with Gasteiger partial charge in [0.1, 0.15) is 12.1 Å². The SMILES string of the molecule is CN[C@H](C(=O)N[C@H](C(=O)N(C)[C@H](CN1CCC[C@H]1C(=O)N1CCC[C@H]1C(=O)OC)C(C)C)C(C)(C)C)C(C)(C)c1ccccc1. The van der Waals surface area contributed by atoms with E-state index in [0.717, 1.165) is 31.4 Å². The largest absolute Gasteiger partial charge is 0.467 e. The Kier molecular flexibility index (Phi) is 12.2. The van der Waals surface area contributed by atoms with Gasteiger partial charge in [-0.25, -0.2) is 4.79 Å². The number of carbonyl (C=O) groups is 4. The molecule has 2 fully saturated rings. The number of esters is 1. The molecule has 0 spiro atoms. The molecule has 45 heavy (non-hydrogen) atoms. The minimum atomic E-state index is -0.764. The van der Waals surface area contributed by atoms with Crippen LogP contribution in [0, 0.1) is 11.3 Å². The number of methoxy groups -OCH3 is 1. The van der Waals surface area contributed by atoms with Crippen molar-refractivity contribution in [3.8, 4) is 0 Å². The van der Waals surface area contributed by atoms with E-state index >= 15 is 0 Å². The van der Waals surface area contributed by atoms with Crippen LogP contribution in [0.15, 0.2) is 30.3 Å². The zero-order valence-electron chi connectivity index (χ0n) is 29.2. The van der Waals surface area contributed by atoms with Crippen LogP contribution in [0.3, 0.4) is 0 Å². The molecular formula is C35H57N5O5. The van der Waals surface area contributed by atoms with E-state index in [2.05, 4.69) is 29.4 Å². The molecule has 0 unspecified atom stereocenters. The summed E-state index contributed by atoms with van der Waals surface area (Å²) in [6.07, 6.45) is 2.99. The van der Waals surface area contributed by atoms with Crippen LogP contribution in [0.4, 0.5) is 0 Å². The van der Waals surface area contributed by atoms with Crippen molar-refractivity contribution in [2.75, 3.05) is 40.8 Å². The van der Waals surface area contributed by atoms with Crippen molar-refractivity contribution >= 4 is 23.7 Å². The van der Waals surface area contributed by atoms with Crippen LogP contribution in [0.1, 0.15) is 79.7 Å². The van der Waals surface area contributed by atoms with Crippen molar-refractivity contribution in [3.63, 3.8) is 0 Å². The Morgan fingerprint density at radius 1 is 0.956 bits per heavy atom. The molecule has 0 aromatic heterocycles. The molecule has 2 N–H and O–H groups in total. The maximum absolute atomic E-state index is 14.3. The van der Waals surface area contributed by atoms with Crippen LogP contribution in [0.25, 0.3) is 0 Å². The van der Waals surface area contributed by atoms with Crippen molar-refractivity contribution in [1.82, 2.24) is 25.3 Å². The summed E-state index contributed by atoms with van der Waals surface area (Å²) in [6.45, 7) is 15.9. The van der Waals surface area contributed by atoms with Crippen LogP contribution >= 0.6 is 0 Å². The van der Waals surface area contributed by atoms with Crippen molar-refractivity contribution in [1.29, 1.82) is 0 Å². The fourth-order valence-electron chi connectivity index (χ4n) is 7.04. The van der Waals surface area contributed by atoms with Gasteiger partial charge in [0.25, 0.3) is 0 Å². The molecule has 2 aliphatic rings. The van der Waals surface area contributed by atoms with Gasteiger partial charge in [0.15, 0.2) is 0 Å². The summed E-state index contributed by atoms with van der Waals surface area (Å²) in [7, 11) is 4.94. The first kappa shape index (κ1) is 36.5. The summed E-state index contributed by atoms with van der Waals surface area (Å²) in [6, 6.07) is 7.52. The van der Waals surface area contributed by atoms with E-state index in [9.17, 15) is 19.2 Å². The summed E-state index contributed by atoms with van der Waals surface area (Å²) >= 11 is 0. The fourth-order valence-corrected chi connectivity index (χ4v) is 7.04. The number of carbonyl (C=O) groups excluding carboxylic acids is 4. The minimum Gasteiger partial charge on any atom is -0.467 e. The van der Waals surface area contributed by atoms with Gasteiger partial charge in [-0.15, -0.1) is 0 Å². The normalized spacial score (nSPS) is 21.4. The number of amides is 3. The van der Waals surface area contributed by atoms with E-state index in [0.29, 0.717) is 19.5 Å². The van der Waals surface area contributed by atoms with E-state index in [1.54, 1.807) is 16.8 Å². The summed E-state index contributed by atoms with van der Waals surface area (Å²) in [5.41, 5.74) is -0.0587. The molecule has 3 rings (SSSR count). The molecule has 0 saturated carbocycles. The number of rotatable bonds is 12. The predicted molar refractivity (Wildman–Crippen MR) is 176 cm³/mol. The summed E-state index contributed by atoms with van der Waals surface area (Å²) < 4.78 is 4.97. The minimum absolute atomic E-state index is 0.0316. The molecule has 2 saturated heterocycles. The lowest BCUT2D eigenvalue weighted by Crippen LogP contribution is -2.62. The summed E-state index contributed by atoms with van der Waals surface area (Å²) in [5, 5.41) is 6.32. The van der Waals surface area contributed by atoms with E-state index in [1.165, 1.54) is 7.11 Å². The molecule has 1 aromatic carbocycles. The zero-order valence-corrected chi connectivity index (χ0v) is 29.2. The molecule has 252 valence electrons. The molecule has 10 heteroatoms. The highest BCUT2D eigenvalue weighted by Gasteiger charge is 2.44. The summed E-state index contributed by atoms with van der Waals surface area (Å²) in [5.74, 6) is -0.683. The summed E-state index contributed by atoms with van der Waals surface area (Å²) in [4.78, 5) is 59.9. The fraction of sp³-hybridized carbons (Fsp3) is 0.714. The number of likely N-dealkylation sites (N-methyl/N-ethyl adjacent to an activating group) is 2. The second kappa shape index (κ2) is 15.1. The van der Waals surface area contributed by atoms with Gasteiger partial charge in [-0.1, -0.05) is 78.8 Å². The van der Waals surface area contributed by atoms with E-state index in [-0.39, 0.29) is 41.7 Å². The first-order valence-corrected chi connectivity index (χ1v) is 16.5. The lowest BCUT2D eigenvalue weighted by Gasteiger charge is -2.41. The Labute approximate surface area is 270 Å². The first-order valence-electron chi connectivity index (χ1n) is 16.5. The molecule has 2 heterocycles. The van der Waals surface area contributed by atoms with Gasteiger partial charge in [-0.2, -0.15) is 0 Å². The topological polar surface area (TPSA) is 111 Å². The quantitative estimate of drug-likeness (QED) is 0.343. The number of likely N-dealkylation sites (tertiary alicyclic amines) is 2. The highest BCUT2D eigenvalue weighted by molar-refractivity contribution is 5.91. The molecule has 5 atom stereocenters. The van der Waals surface area contributed by atoms with Gasteiger partial charge in [0.05, 0.1) is 19.2 Å². The monoisotopic (exact) mass is 627 g/mol. The smallest absolute Gasteiger partial charge is 0.328 e. The Bertz CT molecular complexity index is 1180.